The van der Waals surface area contributed by atoms with Gasteiger partial charge in [-0.25, -0.2) is 0 Å². The lowest BCUT2D eigenvalue weighted by Gasteiger charge is -2.11. The smallest absolute Gasteiger partial charge is 0.344 e. The summed E-state index contributed by atoms with van der Waals surface area (Å²) in [5.74, 6) is -0.804. The maximum atomic E-state index is 13.2. The molecule has 0 unspecified atom stereocenters. The zero-order valence-electron chi connectivity index (χ0n) is 11.7. The van der Waals surface area contributed by atoms with E-state index >= 15 is 0 Å². The number of carbonyl (C=O) groups is 2. The summed E-state index contributed by atoms with van der Waals surface area (Å²) in [5, 5.41) is 0.235. The summed E-state index contributed by atoms with van der Waals surface area (Å²) >= 11 is 5.82. The maximum Gasteiger partial charge on any atom is 0.418 e. The molecule has 2 heterocycles. The van der Waals surface area contributed by atoms with Gasteiger partial charge in [-0.1, -0.05) is 11.6 Å². The quantitative estimate of drug-likeness (QED) is 0.638. The summed E-state index contributed by atoms with van der Waals surface area (Å²) in [7, 11) is 2.81. The van der Waals surface area contributed by atoms with E-state index in [0.717, 1.165) is 10.6 Å². The summed E-state index contributed by atoms with van der Waals surface area (Å²) in [6.45, 7) is 0. The Morgan fingerprint density at radius 1 is 1.27 bits per heavy atom. The molecule has 8 heteroatoms. The molecule has 0 atom stereocenters. The highest BCUT2D eigenvalue weighted by atomic mass is 35.5. The second kappa shape index (κ2) is 5.64. The summed E-state index contributed by atoms with van der Waals surface area (Å²) in [6.07, 6.45) is -4.41. The molecule has 2 aromatic rings. The van der Waals surface area contributed by atoms with Crippen LogP contribution in [0.2, 0.25) is 5.15 Å². The largest absolute Gasteiger partial charge is 0.418 e. The predicted molar refractivity (Wildman–Crippen MR) is 74.0 cm³/mol. The van der Waals surface area contributed by atoms with Gasteiger partial charge >= 0.3 is 6.18 Å². The first-order chi connectivity index (χ1) is 10.2. The van der Waals surface area contributed by atoms with Crippen LogP contribution in [0.3, 0.4) is 0 Å². The van der Waals surface area contributed by atoms with Gasteiger partial charge in [0.05, 0.1) is 11.3 Å². The van der Waals surface area contributed by atoms with Crippen molar-refractivity contribution in [2.45, 2.75) is 12.6 Å². The molecule has 0 bridgehead atoms. The zero-order valence-corrected chi connectivity index (χ0v) is 12.5. The third kappa shape index (κ3) is 2.68. The van der Waals surface area contributed by atoms with Crippen LogP contribution < -0.4 is 0 Å². The van der Waals surface area contributed by atoms with Crippen LogP contribution in [-0.2, 0) is 31.5 Å². The number of hydrogen-bond donors (Lipinski definition) is 0. The summed E-state index contributed by atoms with van der Waals surface area (Å²) in [5.41, 5.74) is -1.42. The first kappa shape index (κ1) is 16.4. The maximum absolute atomic E-state index is 13.2. The minimum absolute atomic E-state index is 0.0364. The topological polar surface area (TPSA) is 44.0 Å². The molecule has 0 spiro atoms. The van der Waals surface area contributed by atoms with Gasteiger partial charge < -0.3 is 13.9 Å². The molecule has 0 amide bonds. The van der Waals surface area contributed by atoms with Crippen molar-refractivity contribution >= 4 is 23.7 Å². The van der Waals surface area contributed by atoms with E-state index in [2.05, 4.69) is 0 Å². The van der Waals surface area contributed by atoms with Gasteiger partial charge in [0.15, 0.2) is 0 Å². The lowest BCUT2D eigenvalue weighted by atomic mass is 10.1. The van der Waals surface area contributed by atoms with Gasteiger partial charge in [-0.2, -0.15) is 13.2 Å². The Hall–Kier alpha value is -2.02. The molecule has 0 aliphatic carbocycles. The van der Waals surface area contributed by atoms with Crippen LogP contribution in [0.15, 0.2) is 18.2 Å². The minimum Gasteiger partial charge on any atom is -0.344 e. The Morgan fingerprint density at radius 2 is 1.91 bits per heavy atom. The van der Waals surface area contributed by atoms with E-state index in [-0.39, 0.29) is 23.0 Å². The molecule has 2 rings (SSSR count). The van der Waals surface area contributed by atoms with Crippen molar-refractivity contribution < 1.29 is 22.8 Å². The van der Waals surface area contributed by atoms with Crippen molar-refractivity contribution in [3.8, 4) is 0 Å². The van der Waals surface area contributed by atoms with E-state index in [4.69, 9.17) is 11.6 Å². The monoisotopic (exact) mass is 332 g/mol. The molecule has 0 aliphatic rings. The van der Waals surface area contributed by atoms with Crippen molar-refractivity contribution in [2.75, 3.05) is 0 Å². The van der Waals surface area contributed by atoms with E-state index in [1.165, 1.54) is 30.8 Å². The number of hydrogen-bond acceptors (Lipinski definition) is 2. The van der Waals surface area contributed by atoms with Crippen molar-refractivity contribution in [3.63, 3.8) is 0 Å². The van der Waals surface area contributed by atoms with Crippen molar-refractivity contribution in [1.82, 2.24) is 9.13 Å². The first-order valence-corrected chi connectivity index (χ1v) is 6.61. The van der Waals surface area contributed by atoms with Crippen LogP contribution in [-0.4, -0.2) is 21.2 Å². The second-order valence-corrected chi connectivity index (χ2v) is 5.14. The number of halogens is 4. The van der Waals surface area contributed by atoms with Gasteiger partial charge in [0.1, 0.15) is 17.1 Å². The van der Waals surface area contributed by atoms with Crippen molar-refractivity contribution in [3.05, 3.63) is 46.0 Å². The van der Waals surface area contributed by atoms with Crippen LogP contribution in [0.1, 0.15) is 27.4 Å². The Labute approximate surface area is 129 Å². The predicted octanol–water partition coefficient (Wildman–Crippen LogP) is 3.01. The number of carbonyl (C=O) groups excluding carboxylic acids is 2. The molecule has 22 heavy (non-hydrogen) atoms. The van der Waals surface area contributed by atoms with E-state index in [0.29, 0.717) is 6.29 Å². The number of alkyl halides is 3. The van der Waals surface area contributed by atoms with Crippen molar-refractivity contribution in [2.24, 2.45) is 14.1 Å². The third-order valence-corrected chi connectivity index (χ3v) is 3.82. The molecule has 4 nitrogen and oxygen atoms in total. The normalized spacial score (nSPS) is 11.7. The molecule has 0 saturated carbocycles. The van der Waals surface area contributed by atoms with Crippen LogP contribution in [0, 0.1) is 0 Å². The van der Waals surface area contributed by atoms with E-state index in [9.17, 15) is 22.8 Å². The number of aromatic nitrogens is 2. The molecule has 0 radical (unpaired) electrons. The van der Waals surface area contributed by atoms with Gasteiger partial charge in [0, 0.05) is 26.2 Å². The molecule has 0 saturated heterocycles. The van der Waals surface area contributed by atoms with Gasteiger partial charge in [-0.3, -0.25) is 4.79 Å². The third-order valence-electron chi connectivity index (χ3n) is 3.44. The molecule has 0 N–H and O–H groups in total. The molecular weight excluding hydrogens is 321 g/mol. The number of nitrogens with zero attached hydrogens (tertiary/aromatic N) is 2. The average molecular weight is 333 g/mol. The van der Waals surface area contributed by atoms with Gasteiger partial charge in [-0.15, -0.1) is 0 Å². The molecule has 0 fully saturated rings. The van der Waals surface area contributed by atoms with E-state index in [1.807, 2.05) is 0 Å². The molecular formula is C14H12ClF3N2O2. The summed E-state index contributed by atoms with van der Waals surface area (Å²) in [6, 6.07) is 3.61. The highest BCUT2D eigenvalue weighted by Gasteiger charge is 2.39. The number of rotatable bonds is 4. The van der Waals surface area contributed by atoms with Crippen LogP contribution in [0.4, 0.5) is 13.2 Å². The summed E-state index contributed by atoms with van der Waals surface area (Å²) in [4.78, 5) is 23.1. The first-order valence-electron chi connectivity index (χ1n) is 6.23. The fourth-order valence-corrected chi connectivity index (χ4v) is 2.42. The average Bonchev–Trinajstić information content (AvgIpc) is 2.92. The Morgan fingerprint density at radius 3 is 2.36 bits per heavy atom. The minimum atomic E-state index is -4.70. The fraction of sp³-hybridized carbons (Fsp3) is 0.286. The summed E-state index contributed by atoms with van der Waals surface area (Å²) < 4.78 is 41.9. The lowest BCUT2D eigenvalue weighted by Crippen LogP contribution is -2.18. The SMILES string of the molecule is Cn1c(Cl)ccc1C(=O)c1c(C(F)(F)F)cc(CC=O)n1C. The van der Waals surface area contributed by atoms with Crippen LogP contribution in [0.5, 0.6) is 0 Å². The molecule has 0 aromatic carbocycles. The Kier molecular flexibility index (Phi) is 4.19. The van der Waals surface area contributed by atoms with Crippen molar-refractivity contribution in [1.29, 1.82) is 0 Å². The van der Waals surface area contributed by atoms with E-state index in [1.54, 1.807) is 0 Å². The van der Waals surface area contributed by atoms with Crippen LogP contribution >= 0.6 is 11.6 Å². The van der Waals surface area contributed by atoms with Gasteiger partial charge in [0.2, 0.25) is 5.78 Å². The highest BCUT2D eigenvalue weighted by Crippen LogP contribution is 2.35. The lowest BCUT2D eigenvalue weighted by molar-refractivity contribution is -0.137. The molecule has 118 valence electrons. The van der Waals surface area contributed by atoms with Gasteiger partial charge in [0.25, 0.3) is 0 Å². The molecule has 2 aromatic heterocycles. The standard InChI is InChI=1S/C14H12ClF3N2O2/c1-19-8(5-6-21)7-9(14(16,17)18)12(19)13(22)10-3-4-11(15)20(10)2/h3-4,6-7H,5H2,1-2H3. The fourth-order valence-electron chi connectivity index (χ4n) is 2.26. The van der Waals surface area contributed by atoms with Crippen LogP contribution in [0.25, 0.3) is 0 Å². The second-order valence-electron chi connectivity index (χ2n) is 4.75. The zero-order chi connectivity index (χ0) is 16.7. The Balaban J connectivity index is 2.65. The number of aldehydes is 1. The highest BCUT2D eigenvalue weighted by molar-refractivity contribution is 6.30. The number of ketones is 1. The Bertz CT molecular complexity index is 744. The van der Waals surface area contributed by atoms with Gasteiger partial charge in [-0.05, 0) is 18.2 Å². The van der Waals surface area contributed by atoms with E-state index < -0.39 is 23.2 Å². The molecule has 0 aliphatic heterocycles.